The van der Waals surface area contributed by atoms with E-state index in [0.29, 0.717) is 5.56 Å². The molecule has 2 aliphatic heterocycles. The maximum absolute atomic E-state index is 7.80. The monoisotopic (exact) mass is 261 g/mol. The molecule has 2 fully saturated rings. The van der Waals surface area contributed by atoms with Crippen LogP contribution < -0.4 is 10.6 Å². The molecule has 0 radical (unpaired) electrons. The van der Waals surface area contributed by atoms with Gasteiger partial charge in [0.25, 0.3) is 0 Å². The number of aryl methyl sites for hydroxylation is 1. The second kappa shape index (κ2) is 4.45. The number of nitrogen functional groups attached to an aromatic ring is 1. The summed E-state index contributed by atoms with van der Waals surface area (Å²) >= 11 is 0. The van der Waals surface area contributed by atoms with Gasteiger partial charge in [-0.15, -0.1) is 5.10 Å². The fourth-order valence-electron chi connectivity index (χ4n) is 2.93. The highest BCUT2D eigenvalue weighted by atomic mass is 16.5. The van der Waals surface area contributed by atoms with Crippen molar-refractivity contribution < 1.29 is 4.74 Å². The predicted octanol–water partition coefficient (Wildman–Crippen LogP) is 0.745. The molecule has 6 heteroatoms. The Hall–Kier alpha value is -1.69. The van der Waals surface area contributed by atoms with Crippen LogP contribution in [0.5, 0.6) is 0 Å². The molecular formula is C13H19N5O. The van der Waals surface area contributed by atoms with Crippen molar-refractivity contribution in [1.29, 1.82) is 5.41 Å². The fraction of sp³-hybridized carbons (Fsp3) is 0.615. The Labute approximate surface area is 112 Å². The van der Waals surface area contributed by atoms with Crippen LogP contribution in [0.2, 0.25) is 0 Å². The van der Waals surface area contributed by atoms with Gasteiger partial charge in [-0.3, -0.25) is 5.41 Å². The van der Waals surface area contributed by atoms with E-state index in [0.717, 1.165) is 43.0 Å². The number of nitrogens with zero attached hydrogens (tertiary/aromatic N) is 3. The van der Waals surface area contributed by atoms with E-state index in [1.807, 2.05) is 13.8 Å². The number of aromatic nitrogens is 2. The minimum Gasteiger partial charge on any atom is -0.384 e. The van der Waals surface area contributed by atoms with Crippen molar-refractivity contribution in [1.82, 2.24) is 10.2 Å². The summed E-state index contributed by atoms with van der Waals surface area (Å²) < 4.78 is 5.83. The van der Waals surface area contributed by atoms with E-state index >= 15 is 0 Å². The first-order chi connectivity index (χ1) is 9.06. The van der Waals surface area contributed by atoms with Gasteiger partial charge in [0.1, 0.15) is 5.84 Å². The molecule has 0 spiro atoms. The van der Waals surface area contributed by atoms with Gasteiger partial charge in [-0.2, -0.15) is 5.10 Å². The average molecular weight is 261 g/mol. The van der Waals surface area contributed by atoms with Gasteiger partial charge < -0.3 is 15.4 Å². The number of nitrogens with one attached hydrogen (secondary N) is 1. The first-order valence-electron chi connectivity index (χ1n) is 6.65. The lowest BCUT2D eigenvalue weighted by Crippen LogP contribution is -2.44. The Morgan fingerprint density at radius 1 is 1.26 bits per heavy atom. The Bertz CT molecular complexity index is 518. The molecule has 2 unspecified atom stereocenters. The standard InChI is InChI=1S/C13H19N5O/c1-7-8(2)16-17-13(11(7)12(14)15)18-5-9-3-4-10(6-18)19-9/h9-10H,3-6H2,1-2H3,(H3,14,15). The molecule has 2 bridgehead atoms. The minimum atomic E-state index is 0.0596. The van der Waals surface area contributed by atoms with E-state index in [9.17, 15) is 0 Å². The molecule has 3 rings (SSSR count). The predicted molar refractivity (Wildman–Crippen MR) is 72.6 cm³/mol. The Kier molecular flexibility index (Phi) is 2.89. The molecule has 1 aromatic heterocycles. The quantitative estimate of drug-likeness (QED) is 0.605. The van der Waals surface area contributed by atoms with Crippen LogP contribution in [0, 0.1) is 19.3 Å². The number of rotatable bonds is 2. The molecule has 0 aliphatic carbocycles. The topological polar surface area (TPSA) is 88.1 Å². The highest BCUT2D eigenvalue weighted by molar-refractivity contribution is 6.01. The summed E-state index contributed by atoms with van der Waals surface area (Å²) in [6.45, 7) is 5.46. The summed E-state index contributed by atoms with van der Waals surface area (Å²) in [5.41, 5.74) is 8.22. The summed E-state index contributed by atoms with van der Waals surface area (Å²) in [6.07, 6.45) is 2.77. The molecule has 102 valence electrons. The molecule has 0 amide bonds. The second-order valence-electron chi connectivity index (χ2n) is 5.39. The number of nitrogens with two attached hydrogens (primary N) is 1. The van der Waals surface area contributed by atoms with Gasteiger partial charge in [-0.1, -0.05) is 0 Å². The maximum atomic E-state index is 7.80. The number of fused-ring (bicyclic) bond motifs is 2. The van der Waals surface area contributed by atoms with Crippen LogP contribution in [0.15, 0.2) is 0 Å². The van der Waals surface area contributed by atoms with Gasteiger partial charge in [-0.25, -0.2) is 0 Å². The number of ether oxygens (including phenoxy) is 1. The summed E-state index contributed by atoms with van der Waals surface area (Å²) in [5.74, 6) is 0.792. The Balaban J connectivity index is 2.00. The first-order valence-corrected chi connectivity index (χ1v) is 6.65. The zero-order valence-corrected chi connectivity index (χ0v) is 11.3. The molecule has 6 nitrogen and oxygen atoms in total. The maximum Gasteiger partial charge on any atom is 0.162 e. The van der Waals surface area contributed by atoms with Crippen molar-refractivity contribution in [2.24, 2.45) is 5.73 Å². The number of hydrogen-bond donors (Lipinski definition) is 2. The van der Waals surface area contributed by atoms with Crippen LogP contribution in [0.3, 0.4) is 0 Å². The third-order valence-corrected chi connectivity index (χ3v) is 4.05. The van der Waals surface area contributed by atoms with Crippen molar-refractivity contribution in [3.63, 3.8) is 0 Å². The second-order valence-corrected chi connectivity index (χ2v) is 5.39. The van der Waals surface area contributed by atoms with E-state index in [1.54, 1.807) is 0 Å². The summed E-state index contributed by atoms with van der Waals surface area (Å²) in [6, 6.07) is 0. The third-order valence-electron chi connectivity index (χ3n) is 4.05. The molecule has 1 aromatic rings. The van der Waals surface area contributed by atoms with E-state index in [2.05, 4.69) is 15.1 Å². The zero-order chi connectivity index (χ0) is 13.6. The van der Waals surface area contributed by atoms with E-state index in [4.69, 9.17) is 15.9 Å². The highest BCUT2D eigenvalue weighted by Gasteiger charge is 2.35. The normalized spacial score (nSPS) is 25.7. The lowest BCUT2D eigenvalue weighted by atomic mass is 10.1. The average Bonchev–Trinajstić information content (AvgIpc) is 2.71. The molecule has 19 heavy (non-hydrogen) atoms. The molecule has 3 heterocycles. The first kappa shape index (κ1) is 12.3. The minimum absolute atomic E-state index is 0.0596. The van der Waals surface area contributed by atoms with Crippen LogP contribution in [0.1, 0.15) is 29.7 Å². The summed E-state index contributed by atoms with van der Waals surface area (Å²) in [5, 5.41) is 16.3. The SMILES string of the molecule is Cc1nnc(N2CC3CCC(C2)O3)c(C(=N)N)c1C. The van der Waals surface area contributed by atoms with Gasteiger partial charge in [0, 0.05) is 13.1 Å². The van der Waals surface area contributed by atoms with Gasteiger partial charge in [0.15, 0.2) is 5.82 Å². The molecule has 2 saturated heterocycles. The van der Waals surface area contributed by atoms with Gasteiger partial charge in [0.05, 0.1) is 23.5 Å². The van der Waals surface area contributed by atoms with Gasteiger partial charge in [-0.05, 0) is 32.3 Å². The number of amidine groups is 1. The molecule has 0 aromatic carbocycles. The number of anilines is 1. The van der Waals surface area contributed by atoms with Crippen LogP contribution in [-0.2, 0) is 4.74 Å². The zero-order valence-electron chi connectivity index (χ0n) is 11.3. The highest BCUT2D eigenvalue weighted by Crippen LogP contribution is 2.31. The Morgan fingerprint density at radius 3 is 2.47 bits per heavy atom. The van der Waals surface area contributed by atoms with Crippen molar-refractivity contribution in [2.45, 2.75) is 38.9 Å². The van der Waals surface area contributed by atoms with E-state index < -0.39 is 0 Å². The number of hydrogen-bond acceptors (Lipinski definition) is 5. The van der Waals surface area contributed by atoms with Crippen molar-refractivity contribution in [3.8, 4) is 0 Å². The van der Waals surface area contributed by atoms with Crippen molar-refractivity contribution in [2.75, 3.05) is 18.0 Å². The van der Waals surface area contributed by atoms with Crippen LogP contribution in [0.25, 0.3) is 0 Å². The smallest absolute Gasteiger partial charge is 0.162 e. The van der Waals surface area contributed by atoms with Crippen molar-refractivity contribution >= 4 is 11.7 Å². The van der Waals surface area contributed by atoms with Crippen LogP contribution >= 0.6 is 0 Å². The lowest BCUT2D eigenvalue weighted by molar-refractivity contribution is 0.0301. The largest absolute Gasteiger partial charge is 0.384 e. The van der Waals surface area contributed by atoms with E-state index in [-0.39, 0.29) is 18.0 Å². The fourth-order valence-corrected chi connectivity index (χ4v) is 2.93. The molecule has 2 aliphatic rings. The van der Waals surface area contributed by atoms with Crippen LogP contribution in [0.4, 0.5) is 5.82 Å². The summed E-state index contributed by atoms with van der Waals surface area (Å²) in [7, 11) is 0. The van der Waals surface area contributed by atoms with Gasteiger partial charge >= 0.3 is 0 Å². The van der Waals surface area contributed by atoms with Gasteiger partial charge in [0.2, 0.25) is 0 Å². The molecular weight excluding hydrogens is 242 g/mol. The Morgan fingerprint density at radius 2 is 1.89 bits per heavy atom. The number of morpholine rings is 1. The molecule has 0 saturated carbocycles. The van der Waals surface area contributed by atoms with Crippen LogP contribution in [-0.4, -0.2) is 41.3 Å². The lowest BCUT2D eigenvalue weighted by Gasteiger charge is -2.34. The van der Waals surface area contributed by atoms with Crippen molar-refractivity contribution in [3.05, 3.63) is 16.8 Å². The summed E-state index contributed by atoms with van der Waals surface area (Å²) in [4.78, 5) is 2.17. The third kappa shape index (κ3) is 2.06. The molecule has 3 N–H and O–H groups in total. The molecule has 2 atom stereocenters. The van der Waals surface area contributed by atoms with E-state index in [1.165, 1.54) is 0 Å².